The smallest absolute Gasteiger partial charge is 0.0726 e. The highest BCUT2D eigenvalue weighted by Gasteiger charge is 2.51. The van der Waals surface area contributed by atoms with Gasteiger partial charge in [0, 0.05) is 16.9 Å². The van der Waals surface area contributed by atoms with Crippen LogP contribution in [0.25, 0.3) is 76.8 Å². The standard InChI is InChI=1S/C61H39N/c1-2-16-40(17-3-1)41-30-33-43(34-31-41)62(60-29-15-11-18-45(60)42-32-36-50-48-21-5-4-19-46(48)47-20-6-7-22-49(47)55(50)38-42)44-35-37-54-53-25-10-14-28-58(53)61(59(54)39-44)56-26-12-8-23-51(56)52-24-9-13-27-57(52)61/h1-39H. The summed E-state index contributed by atoms with van der Waals surface area (Å²) in [5, 5.41) is 7.66. The Morgan fingerprint density at radius 3 is 1.26 bits per heavy atom. The van der Waals surface area contributed by atoms with Gasteiger partial charge in [0.05, 0.1) is 11.1 Å². The van der Waals surface area contributed by atoms with E-state index in [9.17, 15) is 0 Å². The molecule has 0 unspecified atom stereocenters. The molecule has 0 aromatic heterocycles. The summed E-state index contributed by atoms with van der Waals surface area (Å²) in [5.74, 6) is 0. The second-order valence-corrected chi connectivity index (χ2v) is 16.7. The van der Waals surface area contributed by atoms with Crippen LogP contribution in [0, 0.1) is 0 Å². The fraction of sp³-hybridized carbons (Fsp3) is 0.0164. The largest absolute Gasteiger partial charge is 0.310 e. The van der Waals surface area contributed by atoms with Crippen molar-refractivity contribution < 1.29 is 0 Å². The number of anilines is 3. The lowest BCUT2D eigenvalue weighted by atomic mass is 9.70. The van der Waals surface area contributed by atoms with Gasteiger partial charge in [0.2, 0.25) is 0 Å². The first-order valence-electron chi connectivity index (χ1n) is 21.6. The monoisotopic (exact) mass is 785 g/mol. The van der Waals surface area contributed by atoms with Crippen LogP contribution in [0.4, 0.5) is 17.1 Å². The van der Waals surface area contributed by atoms with Crippen LogP contribution in [-0.4, -0.2) is 0 Å². The molecule has 0 bridgehead atoms. The van der Waals surface area contributed by atoms with E-state index in [0.717, 1.165) is 17.1 Å². The van der Waals surface area contributed by atoms with Crippen molar-refractivity contribution in [1.82, 2.24) is 0 Å². The van der Waals surface area contributed by atoms with Crippen molar-refractivity contribution in [2.24, 2.45) is 0 Å². The molecule has 13 rings (SSSR count). The van der Waals surface area contributed by atoms with Crippen molar-refractivity contribution in [1.29, 1.82) is 0 Å². The van der Waals surface area contributed by atoms with Gasteiger partial charge in [-0.1, -0.05) is 200 Å². The molecule has 1 heteroatoms. The Morgan fingerprint density at radius 2 is 0.661 bits per heavy atom. The van der Waals surface area contributed by atoms with Crippen LogP contribution < -0.4 is 4.90 Å². The van der Waals surface area contributed by atoms with E-state index in [2.05, 4.69) is 241 Å². The summed E-state index contributed by atoms with van der Waals surface area (Å²) in [7, 11) is 0. The molecule has 0 saturated carbocycles. The molecular weight excluding hydrogens is 747 g/mol. The first-order chi connectivity index (χ1) is 30.8. The molecule has 2 aliphatic rings. The lowest BCUT2D eigenvalue weighted by Crippen LogP contribution is -2.26. The predicted molar refractivity (Wildman–Crippen MR) is 261 cm³/mol. The van der Waals surface area contributed by atoms with Crippen LogP contribution in [0.5, 0.6) is 0 Å². The van der Waals surface area contributed by atoms with Crippen LogP contribution in [0.3, 0.4) is 0 Å². The fourth-order valence-electron chi connectivity index (χ4n) is 11.1. The van der Waals surface area contributed by atoms with Crippen LogP contribution in [0.2, 0.25) is 0 Å². The molecule has 1 nitrogen and oxygen atoms in total. The summed E-state index contributed by atoms with van der Waals surface area (Å²) >= 11 is 0. The van der Waals surface area contributed by atoms with Gasteiger partial charge in [0.1, 0.15) is 0 Å². The predicted octanol–water partition coefficient (Wildman–Crippen LogP) is 16.3. The third-order valence-electron chi connectivity index (χ3n) is 13.7. The van der Waals surface area contributed by atoms with E-state index in [4.69, 9.17) is 0 Å². The van der Waals surface area contributed by atoms with Crippen LogP contribution >= 0.6 is 0 Å². The minimum absolute atomic E-state index is 0.445. The Morgan fingerprint density at radius 1 is 0.242 bits per heavy atom. The van der Waals surface area contributed by atoms with Gasteiger partial charge in [-0.05, 0) is 130 Å². The summed E-state index contributed by atoms with van der Waals surface area (Å²) in [6, 6.07) is 87.9. The Hall–Kier alpha value is -8.00. The fourth-order valence-corrected chi connectivity index (χ4v) is 11.1. The van der Waals surface area contributed by atoms with Gasteiger partial charge >= 0.3 is 0 Å². The second kappa shape index (κ2) is 13.5. The molecule has 0 aliphatic heterocycles. The van der Waals surface area contributed by atoms with Gasteiger partial charge in [0.15, 0.2) is 0 Å². The van der Waals surface area contributed by atoms with E-state index < -0.39 is 5.41 Å². The Kier molecular flexibility index (Phi) is 7.59. The zero-order valence-corrected chi connectivity index (χ0v) is 34.0. The van der Waals surface area contributed by atoms with Gasteiger partial charge in [-0.25, -0.2) is 0 Å². The molecule has 288 valence electrons. The third-order valence-corrected chi connectivity index (χ3v) is 13.7. The summed E-state index contributed by atoms with van der Waals surface area (Å²) < 4.78 is 0. The van der Waals surface area contributed by atoms with E-state index >= 15 is 0 Å². The molecule has 11 aromatic carbocycles. The lowest BCUT2D eigenvalue weighted by molar-refractivity contribution is 0.793. The normalized spacial score (nSPS) is 13.0. The van der Waals surface area contributed by atoms with Crippen molar-refractivity contribution in [3.8, 4) is 44.5 Å². The zero-order chi connectivity index (χ0) is 40.8. The highest BCUT2D eigenvalue weighted by molar-refractivity contribution is 6.25. The number of fused-ring (bicyclic) bond motifs is 16. The van der Waals surface area contributed by atoms with Gasteiger partial charge < -0.3 is 4.90 Å². The summed E-state index contributed by atoms with van der Waals surface area (Å²) in [4.78, 5) is 2.48. The summed E-state index contributed by atoms with van der Waals surface area (Å²) in [6.07, 6.45) is 0. The minimum Gasteiger partial charge on any atom is -0.310 e. The maximum atomic E-state index is 2.50. The van der Waals surface area contributed by atoms with Crippen molar-refractivity contribution >= 4 is 49.4 Å². The highest BCUT2D eigenvalue weighted by Crippen LogP contribution is 2.63. The van der Waals surface area contributed by atoms with Crippen molar-refractivity contribution in [2.45, 2.75) is 5.41 Å². The molecule has 1 spiro atoms. The van der Waals surface area contributed by atoms with Crippen molar-refractivity contribution in [3.63, 3.8) is 0 Å². The average Bonchev–Trinajstić information content (AvgIpc) is 3.82. The number of hydrogen-bond acceptors (Lipinski definition) is 1. The van der Waals surface area contributed by atoms with E-state index in [1.54, 1.807) is 0 Å². The Bertz CT molecular complexity index is 3480. The second-order valence-electron chi connectivity index (χ2n) is 16.7. The molecule has 0 heterocycles. The molecule has 2 aliphatic carbocycles. The molecule has 0 radical (unpaired) electrons. The molecule has 62 heavy (non-hydrogen) atoms. The molecule has 0 amide bonds. The zero-order valence-electron chi connectivity index (χ0n) is 34.0. The summed E-state index contributed by atoms with van der Waals surface area (Å²) in [5.41, 5.74) is 18.2. The average molecular weight is 786 g/mol. The van der Waals surface area contributed by atoms with Crippen molar-refractivity contribution in [3.05, 3.63) is 259 Å². The lowest BCUT2D eigenvalue weighted by Gasteiger charge is -2.32. The molecule has 0 N–H and O–H groups in total. The molecule has 0 saturated heterocycles. The first-order valence-corrected chi connectivity index (χ1v) is 21.6. The quantitative estimate of drug-likeness (QED) is 0.157. The van der Waals surface area contributed by atoms with Crippen LogP contribution in [0.1, 0.15) is 22.3 Å². The Balaban J connectivity index is 1.06. The van der Waals surface area contributed by atoms with Gasteiger partial charge in [0.25, 0.3) is 0 Å². The van der Waals surface area contributed by atoms with E-state index in [1.165, 1.54) is 99.1 Å². The van der Waals surface area contributed by atoms with E-state index in [1.807, 2.05) is 0 Å². The molecule has 0 fully saturated rings. The minimum atomic E-state index is -0.445. The number of nitrogens with zero attached hydrogens (tertiary/aromatic N) is 1. The van der Waals surface area contributed by atoms with Gasteiger partial charge in [-0.3, -0.25) is 0 Å². The number of benzene rings is 11. The molecular formula is C61H39N. The first kappa shape index (κ1) is 34.8. The van der Waals surface area contributed by atoms with Crippen molar-refractivity contribution in [2.75, 3.05) is 4.90 Å². The topological polar surface area (TPSA) is 3.24 Å². The maximum Gasteiger partial charge on any atom is 0.0726 e. The summed E-state index contributed by atoms with van der Waals surface area (Å²) in [6.45, 7) is 0. The van der Waals surface area contributed by atoms with E-state index in [0.29, 0.717) is 0 Å². The Labute approximate surface area is 361 Å². The number of hydrogen-bond donors (Lipinski definition) is 0. The van der Waals surface area contributed by atoms with Crippen LogP contribution in [0.15, 0.2) is 237 Å². The maximum absolute atomic E-state index is 2.50. The SMILES string of the molecule is c1ccc(-c2ccc(N(c3ccc4c(c3)C3(c5ccccc5-c5ccccc53)c3ccccc3-4)c3ccccc3-c3ccc4c5ccccc5c5ccccc5c4c3)cc2)cc1. The molecule has 11 aromatic rings. The number of para-hydroxylation sites is 1. The number of rotatable bonds is 5. The third kappa shape index (κ3) is 4.91. The van der Waals surface area contributed by atoms with Crippen LogP contribution in [-0.2, 0) is 5.41 Å². The van der Waals surface area contributed by atoms with E-state index in [-0.39, 0.29) is 0 Å². The van der Waals surface area contributed by atoms with Gasteiger partial charge in [-0.15, -0.1) is 0 Å². The van der Waals surface area contributed by atoms with Gasteiger partial charge in [-0.2, -0.15) is 0 Å². The highest BCUT2D eigenvalue weighted by atomic mass is 15.1. The molecule has 0 atom stereocenters.